The topological polar surface area (TPSA) is 22.0 Å². The van der Waals surface area contributed by atoms with E-state index in [0.717, 1.165) is 16.5 Å². The van der Waals surface area contributed by atoms with Crippen LogP contribution in [0.25, 0.3) is 10.9 Å². The van der Waals surface area contributed by atoms with Crippen molar-refractivity contribution in [3.05, 3.63) is 35.8 Å². The van der Waals surface area contributed by atoms with E-state index in [1.807, 2.05) is 17.8 Å². The largest absolute Gasteiger partial charge is 0.350 e. The van der Waals surface area contributed by atoms with Crippen LogP contribution in [0.2, 0.25) is 0 Å². The number of rotatable bonds is 3. The van der Waals surface area contributed by atoms with E-state index in [1.165, 1.54) is 12.1 Å². The van der Waals surface area contributed by atoms with Crippen molar-refractivity contribution in [2.75, 3.05) is 0 Å². The van der Waals surface area contributed by atoms with E-state index < -0.39 is 0 Å². The molecule has 1 aromatic carbocycles. The Morgan fingerprint density at radius 2 is 2.19 bits per heavy atom. The third-order valence-electron chi connectivity index (χ3n) is 2.78. The monoisotopic (exact) mass is 219 g/mol. The molecule has 1 heterocycles. The number of aromatic nitrogens is 1. The van der Waals surface area contributed by atoms with Crippen LogP contribution >= 0.6 is 0 Å². The van der Waals surface area contributed by atoms with E-state index in [4.69, 9.17) is 0 Å². The molecule has 1 aromatic heterocycles. The van der Waals surface area contributed by atoms with Gasteiger partial charge < -0.3 is 9.36 Å². The molecule has 0 spiro atoms. The molecular formula is C13H14FNO. The molecule has 0 aliphatic rings. The van der Waals surface area contributed by atoms with Gasteiger partial charge in [0.1, 0.15) is 11.6 Å². The van der Waals surface area contributed by atoms with Crippen LogP contribution in [0, 0.1) is 5.82 Å². The summed E-state index contributed by atoms with van der Waals surface area (Å²) in [5.74, 6) is -0.0730. The molecule has 84 valence electrons. The molecule has 0 amide bonds. The first-order valence-electron chi connectivity index (χ1n) is 5.31. The third kappa shape index (κ3) is 1.98. The van der Waals surface area contributed by atoms with Gasteiger partial charge in [-0.1, -0.05) is 0 Å². The van der Waals surface area contributed by atoms with Crippen LogP contribution in [0.1, 0.15) is 18.9 Å². The van der Waals surface area contributed by atoms with Gasteiger partial charge in [0, 0.05) is 30.6 Å². The minimum Gasteiger partial charge on any atom is -0.350 e. The van der Waals surface area contributed by atoms with E-state index in [0.29, 0.717) is 12.8 Å². The first-order chi connectivity index (χ1) is 7.58. The molecule has 0 aliphatic carbocycles. The first kappa shape index (κ1) is 10.9. The average Bonchev–Trinajstić information content (AvgIpc) is 2.52. The van der Waals surface area contributed by atoms with Gasteiger partial charge in [-0.25, -0.2) is 4.39 Å². The average molecular weight is 219 g/mol. The Labute approximate surface area is 93.7 Å². The van der Waals surface area contributed by atoms with Crippen molar-refractivity contribution in [1.82, 2.24) is 4.57 Å². The smallest absolute Gasteiger partial charge is 0.130 e. The highest BCUT2D eigenvalue weighted by atomic mass is 19.1. The van der Waals surface area contributed by atoms with Crippen LogP contribution in [-0.4, -0.2) is 10.4 Å². The molecule has 2 aromatic rings. The normalized spacial score (nSPS) is 10.9. The van der Waals surface area contributed by atoms with Gasteiger partial charge in [-0.3, -0.25) is 0 Å². The van der Waals surface area contributed by atoms with Crippen LogP contribution < -0.4 is 0 Å². The van der Waals surface area contributed by atoms with E-state index >= 15 is 0 Å². The molecule has 0 fully saturated rings. The van der Waals surface area contributed by atoms with Crippen molar-refractivity contribution < 1.29 is 9.18 Å². The lowest BCUT2D eigenvalue weighted by Gasteiger charge is -1.97. The summed E-state index contributed by atoms with van der Waals surface area (Å²) in [6.07, 6.45) is 3.15. The SMILES string of the molecule is CC(=O)CCc1cn(C)c2ccc(F)cc12. The zero-order valence-electron chi connectivity index (χ0n) is 9.46. The highest BCUT2D eigenvalue weighted by Crippen LogP contribution is 2.22. The van der Waals surface area contributed by atoms with Crippen molar-refractivity contribution in [3.63, 3.8) is 0 Å². The second-order valence-corrected chi connectivity index (χ2v) is 4.13. The molecule has 0 radical (unpaired) electrons. The fraction of sp³-hybridized carbons (Fsp3) is 0.308. The molecule has 16 heavy (non-hydrogen) atoms. The summed E-state index contributed by atoms with van der Waals surface area (Å²) in [7, 11) is 1.93. The second kappa shape index (κ2) is 4.08. The lowest BCUT2D eigenvalue weighted by Crippen LogP contribution is -1.93. The molecule has 0 unspecified atom stereocenters. The van der Waals surface area contributed by atoms with E-state index in [2.05, 4.69) is 0 Å². The van der Waals surface area contributed by atoms with Crippen LogP contribution in [0.3, 0.4) is 0 Å². The van der Waals surface area contributed by atoms with E-state index in [1.54, 1.807) is 13.0 Å². The third-order valence-corrected chi connectivity index (χ3v) is 2.78. The van der Waals surface area contributed by atoms with Gasteiger partial charge in [0.05, 0.1) is 0 Å². The van der Waals surface area contributed by atoms with E-state index in [-0.39, 0.29) is 11.6 Å². The lowest BCUT2D eigenvalue weighted by atomic mass is 10.1. The minimum absolute atomic E-state index is 0.161. The maximum absolute atomic E-state index is 13.1. The van der Waals surface area contributed by atoms with Gasteiger partial charge in [-0.15, -0.1) is 0 Å². The minimum atomic E-state index is -0.234. The molecule has 0 aliphatic heterocycles. The predicted molar refractivity (Wildman–Crippen MR) is 61.9 cm³/mol. The standard InChI is InChI=1S/C13H14FNO/c1-9(16)3-4-10-8-15(2)13-6-5-11(14)7-12(10)13/h5-8H,3-4H2,1-2H3. The molecular weight excluding hydrogens is 205 g/mol. The summed E-state index contributed by atoms with van der Waals surface area (Å²) in [4.78, 5) is 10.9. The number of nitrogens with zero attached hydrogens (tertiary/aromatic N) is 1. The van der Waals surface area contributed by atoms with Crippen molar-refractivity contribution in [1.29, 1.82) is 0 Å². The van der Waals surface area contributed by atoms with Gasteiger partial charge in [-0.05, 0) is 37.1 Å². The molecule has 0 saturated carbocycles. The Balaban J connectivity index is 2.44. The Morgan fingerprint density at radius 1 is 1.44 bits per heavy atom. The van der Waals surface area contributed by atoms with E-state index in [9.17, 15) is 9.18 Å². The number of halogens is 1. The fourth-order valence-electron chi connectivity index (χ4n) is 1.96. The van der Waals surface area contributed by atoms with Crippen molar-refractivity contribution in [2.24, 2.45) is 7.05 Å². The molecule has 2 rings (SSSR count). The zero-order valence-corrected chi connectivity index (χ0v) is 9.46. The number of hydrogen-bond acceptors (Lipinski definition) is 1. The van der Waals surface area contributed by atoms with Crippen molar-refractivity contribution >= 4 is 16.7 Å². The van der Waals surface area contributed by atoms with Gasteiger partial charge in [0.2, 0.25) is 0 Å². The predicted octanol–water partition coefficient (Wildman–Crippen LogP) is 2.84. The molecule has 0 bridgehead atoms. The number of carbonyl (C=O) groups is 1. The molecule has 0 saturated heterocycles. The van der Waals surface area contributed by atoms with Gasteiger partial charge in [0.25, 0.3) is 0 Å². The molecule has 2 nitrogen and oxygen atoms in total. The Bertz CT molecular complexity index is 542. The summed E-state index contributed by atoms with van der Waals surface area (Å²) in [5, 5.41) is 0.906. The number of carbonyl (C=O) groups excluding carboxylic acids is 1. The second-order valence-electron chi connectivity index (χ2n) is 4.13. The van der Waals surface area contributed by atoms with Crippen LogP contribution in [0.4, 0.5) is 4.39 Å². The number of fused-ring (bicyclic) bond motifs is 1. The molecule has 3 heteroatoms. The number of benzene rings is 1. The maximum Gasteiger partial charge on any atom is 0.130 e. The summed E-state index contributed by atoms with van der Waals surface area (Å²) in [6.45, 7) is 1.58. The summed E-state index contributed by atoms with van der Waals surface area (Å²) in [5.41, 5.74) is 2.03. The Morgan fingerprint density at radius 3 is 2.88 bits per heavy atom. The van der Waals surface area contributed by atoms with Crippen molar-refractivity contribution in [3.8, 4) is 0 Å². The number of ketones is 1. The van der Waals surface area contributed by atoms with Gasteiger partial charge in [0.15, 0.2) is 0 Å². The maximum atomic E-state index is 13.1. The summed E-state index contributed by atoms with van der Waals surface area (Å²) >= 11 is 0. The highest BCUT2D eigenvalue weighted by molar-refractivity contribution is 5.85. The Hall–Kier alpha value is -1.64. The summed E-state index contributed by atoms with van der Waals surface area (Å²) in [6, 6.07) is 4.75. The number of aryl methyl sites for hydroxylation is 2. The lowest BCUT2D eigenvalue weighted by molar-refractivity contribution is -0.116. The fourth-order valence-corrected chi connectivity index (χ4v) is 1.96. The first-order valence-corrected chi connectivity index (χ1v) is 5.31. The van der Waals surface area contributed by atoms with Crippen molar-refractivity contribution in [2.45, 2.75) is 19.8 Å². The zero-order chi connectivity index (χ0) is 11.7. The van der Waals surface area contributed by atoms with Gasteiger partial charge in [-0.2, -0.15) is 0 Å². The quantitative estimate of drug-likeness (QED) is 0.778. The molecule has 0 N–H and O–H groups in total. The summed E-state index contributed by atoms with van der Waals surface area (Å²) < 4.78 is 15.1. The highest BCUT2D eigenvalue weighted by Gasteiger charge is 2.08. The van der Waals surface area contributed by atoms with Crippen LogP contribution in [0.15, 0.2) is 24.4 Å². The molecule has 0 atom stereocenters. The number of Topliss-reactive ketones (excluding diaryl/α,β-unsaturated/α-hetero) is 1. The van der Waals surface area contributed by atoms with Crippen LogP contribution in [-0.2, 0) is 18.3 Å². The van der Waals surface area contributed by atoms with Gasteiger partial charge >= 0.3 is 0 Å². The Kier molecular flexibility index (Phi) is 2.77. The number of hydrogen-bond donors (Lipinski definition) is 0. The van der Waals surface area contributed by atoms with Crippen LogP contribution in [0.5, 0.6) is 0 Å².